The minimum atomic E-state index is 0.0123. The molecule has 3 atom stereocenters. The number of rotatable bonds is 7. The van der Waals surface area contributed by atoms with Gasteiger partial charge in [-0.25, -0.2) is 4.99 Å². The first-order valence-electron chi connectivity index (χ1n) is 9.98. The van der Waals surface area contributed by atoms with Crippen molar-refractivity contribution >= 4 is 11.9 Å². The summed E-state index contributed by atoms with van der Waals surface area (Å²) in [5, 5.41) is 3.51. The molecule has 0 spiro atoms. The Hall–Kier alpha value is -1.38. The second-order valence-corrected chi connectivity index (χ2v) is 7.87. The lowest BCUT2D eigenvalue weighted by Crippen LogP contribution is -2.60. The fourth-order valence-electron chi connectivity index (χ4n) is 3.70. The van der Waals surface area contributed by atoms with Crippen LogP contribution in [-0.4, -0.2) is 112 Å². The summed E-state index contributed by atoms with van der Waals surface area (Å²) >= 11 is 0. The molecule has 8 nitrogen and oxygen atoms in total. The molecule has 1 N–H and O–H groups in total. The number of guanidine groups is 1. The molecule has 1 amide bonds. The van der Waals surface area contributed by atoms with Crippen molar-refractivity contribution in [1.29, 1.82) is 0 Å². The van der Waals surface area contributed by atoms with Crippen LogP contribution >= 0.6 is 0 Å². The largest absolute Gasteiger partial charge is 0.383 e. The molecule has 0 bridgehead atoms. The lowest BCUT2D eigenvalue weighted by atomic mass is 10.1. The summed E-state index contributed by atoms with van der Waals surface area (Å²) in [6.45, 7) is 10.6. The molecule has 2 heterocycles. The standard InChI is InChI=1S/C19H37N5O3/c1-15-12-23(13-16(2)24(15)7-9-26-5)19(21-11-18(25)22(3)4)20-10-17-6-8-27-14-17/h15-17H,6-14H2,1-5H3,(H,20,21). The van der Waals surface area contributed by atoms with Gasteiger partial charge >= 0.3 is 0 Å². The lowest BCUT2D eigenvalue weighted by Gasteiger charge is -2.45. The summed E-state index contributed by atoms with van der Waals surface area (Å²) in [7, 11) is 5.27. The molecule has 0 radical (unpaired) electrons. The lowest BCUT2D eigenvalue weighted by molar-refractivity contribution is -0.127. The number of aliphatic imine (C=N–C) groups is 1. The Morgan fingerprint density at radius 1 is 1.30 bits per heavy atom. The zero-order valence-corrected chi connectivity index (χ0v) is 17.6. The van der Waals surface area contributed by atoms with Crippen molar-refractivity contribution in [2.45, 2.75) is 32.4 Å². The van der Waals surface area contributed by atoms with Crippen molar-refractivity contribution in [2.75, 3.05) is 73.7 Å². The number of hydrogen-bond donors (Lipinski definition) is 1. The monoisotopic (exact) mass is 383 g/mol. The Morgan fingerprint density at radius 3 is 2.56 bits per heavy atom. The topological polar surface area (TPSA) is 69.6 Å². The van der Waals surface area contributed by atoms with Crippen LogP contribution in [0.15, 0.2) is 4.99 Å². The highest BCUT2D eigenvalue weighted by Crippen LogP contribution is 2.16. The van der Waals surface area contributed by atoms with Crippen LogP contribution in [0.1, 0.15) is 20.3 Å². The van der Waals surface area contributed by atoms with E-state index in [0.717, 1.165) is 58.4 Å². The third-order valence-corrected chi connectivity index (χ3v) is 5.39. The summed E-state index contributed by atoms with van der Waals surface area (Å²) in [5.74, 6) is 1.36. The van der Waals surface area contributed by atoms with Gasteiger partial charge in [-0.2, -0.15) is 0 Å². The first kappa shape index (κ1) is 21.9. The second-order valence-electron chi connectivity index (χ2n) is 7.87. The highest BCUT2D eigenvalue weighted by atomic mass is 16.5. The molecule has 3 unspecified atom stereocenters. The van der Waals surface area contributed by atoms with E-state index in [-0.39, 0.29) is 12.5 Å². The predicted octanol–water partition coefficient (Wildman–Crippen LogP) is 0.0977. The van der Waals surface area contributed by atoms with Crippen molar-refractivity contribution in [2.24, 2.45) is 10.9 Å². The van der Waals surface area contributed by atoms with E-state index >= 15 is 0 Å². The smallest absolute Gasteiger partial charge is 0.243 e. The fourth-order valence-corrected chi connectivity index (χ4v) is 3.70. The SMILES string of the molecule is COCCN1C(C)CN(C(=NCC(=O)N(C)C)NCC2CCOC2)CC1C. The number of methoxy groups -OCH3 is 1. The number of piperazine rings is 1. The summed E-state index contributed by atoms with van der Waals surface area (Å²) < 4.78 is 10.7. The minimum Gasteiger partial charge on any atom is -0.383 e. The third kappa shape index (κ3) is 6.62. The van der Waals surface area contributed by atoms with Crippen LogP contribution in [0.25, 0.3) is 0 Å². The molecule has 0 aromatic rings. The molecule has 0 aromatic heterocycles. The van der Waals surface area contributed by atoms with Crippen LogP contribution in [0.3, 0.4) is 0 Å². The van der Waals surface area contributed by atoms with Gasteiger partial charge in [-0.05, 0) is 20.3 Å². The molecule has 8 heteroatoms. The normalized spacial score (nSPS) is 27.1. The molecule has 156 valence electrons. The molecule has 2 rings (SSSR count). The Balaban J connectivity index is 2.02. The van der Waals surface area contributed by atoms with Gasteiger partial charge in [0, 0.05) is 72.0 Å². The first-order valence-corrected chi connectivity index (χ1v) is 9.98. The number of amides is 1. The van der Waals surface area contributed by atoms with E-state index in [1.165, 1.54) is 0 Å². The Bertz CT molecular complexity index is 482. The van der Waals surface area contributed by atoms with E-state index in [1.54, 1.807) is 26.1 Å². The predicted molar refractivity (Wildman–Crippen MR) is 107 cm³/mol. The molecule has 2 aliphatic rings. The molecule has 2 aliphatic heterocycles. The average molecular weight is 384 g/mol. The molecule has 2 saturated heterocycles. The van der Waals surface area contributed by atoms with Crippen molar-refractivity contribution in [3.63, 3.8) is 0 Å². The van der Waals surface area contributed by atoms with Gasteiger partial charge in [0.1, 0.15) is 6.54 Å². The zero-order chi connectivity index (χ0) is 19.8. The molecule has 2 fully saturated rings. The highest BCUT2D eigenvalue weighted by Gasteiger charge is 2.31. The van der Waals surface area contributed by atoms with E-state index in [0.29, 0.717) is 18.0 Å². The van der Waals surface area contributed by atoms with E-state index in [4.69, 9.17) is 9.47 Å². The van der Waals surface area contributed by atoms with E-state index in [9.17, 15) is 4.79 Å². The average Bonchev–Trinajstić information content (AvgIpc) is 3.14. The molecule has 0 saturated carbocycles. The third-order valence-electron chi connectivity index (χ3n) is 5.39. The summed E-state index contributed by atoms with van der Waals surface area (Å²) in [6.07, 6.45) is 1.08. The van der Waals surface area contributed by atoms with Crippen LogP contribution in [0.2, 0.25) is 0 Å². The van der Waals surface area contributed by atoms with Crippen LogP contribution in [0.5, 0.6) is 0 Å². The van der Waals surface area contributed by atoms with Crippen molar-refractivity contribution in [1.82, 2.24) is 20.0 Å². The van der Waals surface area contributed by atoms with Crippen molar-refractivity contribution in [3.8, 4) is 0 Å². The first-order chi connectivity index (χ1) is 12.9. The summed E-state index contributed by atoms with van der Waals surface area (Å²) in [5.41, 5.74) is 0. The molecule has 0 aliphatic carbocycles. The van der Waals surface area contributed by atoms with E-state index in [1.807, 2.05) is 0 Å². The van der Waals surface area contributed by atoms with Crippen LogP contribution in [-0.2, 0) is 14.3 Å². The van der Waals surface area contributed by atoms with Gasteiger partial charge in [0.15, 0.2) is 5.96 Å². The summed E-state index contributed by atoms with van der Waals surface area (Å²) in [4.78, 5) is 23.0. The van der Waals surface area contributed by atoms with Crippen molar-refractivity contribution in [3.05, 3.63) is 0 Å². The maximum Gasteiger partial charge on any atom is 0.243 e. The number of ether oxygens (including phenoxy) is 2. The number of nitrogens with one attached hydrogen (secondary N) is 1. The number of likely N-dealkylation sites (N-methyl/N-ethyl adjacent to an activating group) is 1. The van der Waals surface area contributed by atoms with Gasteiger partial charge in [0.05, 0.1) is 13.2 Å². The maximum atomic E-state index is 12.0. The Labute approximate surface area is 163 Å². The maximum absolute atomic E-state index is 12.0. The van der Waals surface area contributed by atoms with E-state index in [2.05, 4.69) is 34.0 Å². The van der Waals surface area contributed by atoms with Gasteiger partial charge in [0.2, 0.25) is 5.91 Å². The Morgan fingerprint density at radius 2 is 2.00 bits per heavy atom. The quantitative estimate of drug-likeness (QED) is 0.497. The van der Waals surface area contributed by atoms with Gasteiger partial charge < -0.3 is 24.6 Å². The summed E-state index contributed by atoms with van der Waals surface area (Å²) in [6, 6.07) is 0.797. The zero-order valence-electron chi connectivity index (χ0n) is 17.6. The van der Waals surface area contributed by atoms with Crippen molar-refractivity contribution < 1.29 is 14.3 Å². The molecule has 27 heavy (non-hydrogen) atoms. The Kier molecular flexibility index (Phi) is 8.79. The van der Waals surface area contributed by atoms with Gasteiger partial charge in [0.25, 0.3) is 0 Å². The van der Waals surface area contributed by atoms with Gasteiger partial charge in [-0.15, -0.1) is 0 Å². The van der Waals surface area contributed by atoms with Gasteiger partial charge in [-0.1, -0.05) is 0 Å². The molecular formula is C19H37N5O3. The molecule has 0 aromatic carbocycles. The number of carbonyl (C=O) groups excluding carboxylic acids is 1. The van der Waals surface area contributed by atoms with E-state index < -0.39 is 0 Å². The van der Waals surface area contributed by atoms with Crippen LogP contribution < -0.4 is 5.32 Å². The number of hydrogen-bond acceptors (Lipinski definition) is 5. The van der Waals surface area contributed by atoms with Crippen LogP contribution in [0.4, 0.5) is 0 Å². The van der Waals surface area contributed by atoms with Gasteiger partial charge in [-0.3, -0.25) is 9.69 Å². The van der Waals surface area contributed by atoms with Crippen LogP contribution in [0, 0.1) is 5.92 Å². The second kappa shape index (κ2) is 10.8. The molecular weight excluding hydrogens is 346 g/mol. The minimum absolute atomic E-state index is 0.0123. The fraction of sp³-hybridized carbons (Fsp3) is 0.895. The highest BCUT2D eigenvalue weighted by molar-refractivity contribution is 5.85. The number of nitrogens with zero attached hydrogens (tertiary/aromatic N) is 4. The number of carbonyl (C=O) groups is 1.